The lowest BCUT2D eigenvalue weighted by Gasteiger charge is -2.09. The normalized spacial score (nSPS) is 13.7. The molecule has 6 heteroatoms. The Hall–Kier alpha value is -2.73. The quantitative estimate of drug-likeness (QED) is 0.545. The fourth-order valence-corrected chi connectivity index (χ4v) is 4.03. The van der Waals surface area contributed by atoms with Crippen LogP contribution in [0.3, 0.4) is 0 Å². The van der Waals surface area contributed by atoms with E-state index < -0.39 is 0 Å². The number of aromatic nitrogens is 2. The lowest BCUT2D eigenvalue weighted by Crippen LogP contribution is -2.10. The van der Waals surface area contributed by atoms with Crippen LogP contribution in [0.4, 0.5) is 5.69 Å². The van der Waals surface area contributed by atoms with Crippen LogP contribution >= 0.6 is 11.8 Å². The number of nitrogens with zero attached hydrogens (tertiary/aromatic N) is 2. The van der Waals surface area contributed by atoms with Crippen molar-refractivity contribution in [3.05, 3.63) is 59.3 Å². The van der Waals surface area contributed by atoms with Gasteiger partial charge < -0.3 is 5.32 Å². The van der Waals surface area contributed by atoms with Crippen LogP contribution in [0.2, 0.25) is 0 Å². The first kappa shape index (κ1) is 17.7. The summed E-state index contributed by atoms with van der Waals surface area (Å²) < 4.78 is 0. The maximum atomic E-state index is 12.7. The van der Waals surface area contributed by atoms with E-state index in [9.17, 15) is 9.59 Å². The second-order valence-corrected chi connectivity index (χ2v) is 7.55. The first-order valence-corrected chi connectivity index (χ1v) is 9.91. The summed E-state index contributed by atoms with van der Waals surface area (Å²) in [6.45, 7) is 1.91. The first-order valence-electron chi connectivity index (χ1n) is 8.92. The van der Waals surface area contributed by atoms with Gasteiger partial charge in [0.05, 0.1) is 22.5 Å². The molecule has 1 N–H and O–H groups in total. The fourth-order valence-electron chi connectivity index (χ4n) is 3.17. The molecule has 4 rings (SSSR count). The Labute approximate surface area is 161 Å². The summed E-state index contributed by atoms with van der Waals surface area (Å²) in [7, 11) is 0. The predicted molar refractivity (Wildman–Crippen MR) is 107 cm³/mol. The van der Waals surface area contributed by atoms with E-state index in [1.54, 1.807) is 6.07 Å². The van der Waals surface area contributed by atoms with Crippen molar-refractivity contribution in [2.45, 2.75) is 31.2 Å². The number of nitrogens with one attached hydrogen (secondary N) is 1. The number of benzene rings is 2. The number of Topliss-reactive ketones (excluding diaryl/α,β-unsaturated/α-hetero) is 1. The number of rotatable bonds is 4. The predicted octanol–water partition coefficient (Wildman–Crippen LogP) is 4.19. The summed E-state index contributed by atoms with van der Waals surface area (Å²) in [4.78, 5) is 33.5. The second-order valence-electron chi connectivity index (χ2n) is 6.59. The molecule has 0 spiro atoms. The second kappa shape index (κ2) is 7.48. The standard InChI is InChI=1S/C21H19N3O2S/c1-13-21(24-18-7-3-2-6-17(18)22-13)27-12-19(25)15-9-10-16-14(11-15)5-4-8-20(26)23-16/h2-3,6-7,9-11H,4-5,8,12H2,1H3,(H,23,26). The van der Waals surface area contributed by atoms with Crippen LogP contribution in [0.15, 0.2) is 47.5 Å². The Morgan fingerprint density at radius 3 is 2.70 bits per heavy atom. The van der Waals surface area contributed by atoms with Gasteiger partial charge in [-0.05, 0) is 55.7 Å². The molecule has 1 amide bonds. The zero-order valence-corrected chi connectivity index (χ0v) is 15.8. The SMILES string of the molecule is Cc1nc2ccccc2nc1SCC(=O)c1ccc2c(c1)CCCC(=O)N2. The summed E-state index contributed by atoms with van der Waals surface area (Å²) in [6.07, 6.45) is 2.13. The van der Waals surface area contributed by atoms with Gasteiger partial charge in [0.25, 0.3) is 0 Å². The van der Waals surface area contributed by atoms with Crippen molar-refractivity contribution < 1.29 is 9.59 Å². The van der Waals surface area contributed by atoms with Gasteiger partial charge in [-0.15, -0.1) is 0 Å². The number of anilines is 1. The van der Waals surface area contributed by atoms with E-state index in [-0.39, 0.29) is 11.7 Å². The number of para-hydroxylation sites is 2. The van der Waals surface area contributed by atoms with E-state index >= 15 is 0 Å². The summed E-state index contributed by atoms with van der Waals surface area (Å²) in [5.41, 5.74) is 5.04. The summed E-state index contributed by atoms with van der Waals surface area (Å²) in [6, 6.07) is 13.2. The van der Waals surface area contributed by atoms with Gasteiger partial charge in [-0.2, -0.15) is 0 Å². The Kier molecular flexibility index (Phi) is 4.90. The number of hydrogen-bond donors (Lipinski definition) is 1. The Morgan fingerprint density at radius 2 is 1.89 bits per heavy atom. The third-order valence-corrected chi connectivity index (χ3v) is 5.66. The van der Waals surface area contributed by atoms with E-state index in [1.807, 2.05) is 43.3 Å². The lowest BCUT2D eigenvalue weighted by atomic mass is 10.0. The lowest BCUT2D eigenvalue weighted by molar-refractivity contribution is -0.116. The number of carbonyl (C=O) groups is 2. The Bertz CT molecular complexity index is 1050. The molecule has 27 heavy (non-hydrogen) atoms. The number of amides is 1. The molecule has 2 heterocycles. The highest BCUT2D eigenvalue weighted by atomic mass is 32.2. The molecule has 1 aliphatic rings. The topological polar surface area (TPSA) is 72.0 Å². The van der Waals surface area contributed by atoms with Gasteiger partial charge in [0, 0.05) is 17.7 Å². The van der Waals surface area contributed by atoms with Crippen molar-refractivity contribution in [1.82, 2.24) is 9.97 Å². The maximum absolute atomic E-state index is 12.7. The minimum atomic E-state index is 0.0359. The minimum absolute atomic E-state index is 0.0359. The minimum Gasteiger partial charge on any atom is -0.326 e. The van der Waals surface area contributed by atoms with Crippen molar-refractivity contribution in [2.75, 3.05) is 11.1 Å². The Balaban J connectivity index is 1.51. The highest BCUT2D eigenvalue weighted by Crippen LogP contribution is 2.26. The van der Waals surface area contributed by atoms with Crippen LogP contribution in [0.25, 0.3) is 11.0 Å². The monoisotopic (exact) mass is 377 g/mol. The molecular formula is C21H19N3O2S. The largest absolute Gasteiger partial charge is 0.326 e. The molecule has 0 atom stereocenters. The molecule has 0 bridgehead atoms. The highest BCUT2D eigenvalue weighted by molar-refractivity contribution is 8.00. The van der Waals surface area contributed by atoms with E-state index in [0.29, 0.717) is 17.7 Å². The van der Waals surface area contributed by atoms with Crippen molar-refractivity contribution in [3.63, 3.8) is 0 Å². The van der Waals surface area contributed by atoms with Crippen LogP contribution in [-0.2, 0) is 11.2 Å². The number of thioether (sulfide) groups is 1. The van der Waals surface area contributed by atoms with E-state index in [4.69, 9.17) is 0 Å². The van der Waals surface area contributed by atoms with Gasteiger partial charge in [0.2, 0.25) is 5.91 Å². The van der Waals surface area contributed by atoms with E-state index in [0.717, 1.165) is 45.8 Å². The van der Waals surface area contributed by atoms with Crippen molar-refractivity contribution in [3.8, 4) is 0 Å². The van der Waals surface area contributed by atoms with E-state index in [1.165, 1.54) is 11.8 Å². The molecule has 3 aromatic rings. The number of hydrogen-bond acceptors (Lipinski definition) is 5. The van der Waals surface area contributed by atoms with Gasteiger partial charge in [-0.25, -0.2) is 9.97 Å². The van der Waals surface area contributed by atoms with Gasteiger partial charge in [0.15, 0.2) is 5.78 Å². The highest BCUT2D eigenvalue weighted by Gasteiger charge is 2.16. The summed E-state index contributed by atoms with van der Waals surface area (Å²) >= 11 is 1.41. The van der Waals surface area contributed by atoms with Crippen molar-refractivity contribution in [1.29, 1.82) is 0 Å². The molecular weight excluding hydrogens is 358 g/mol. The van der Waals surface area contributed by atoms with Crippen LogP contribution in [0, 0.1) is 6.92 Å². The first-order chi connectivity index (χ1) is 13.1. The smallest absolute Gasteiger partial charge is 0.224 e. The fraction of sp³-hybridized carbons (Fsp3) is 0.238. The average molecular weight is 377 g/mol. The molecule has 0 aliphatic carbocycles. The number of carbonyl (C=O) groups excluding carboxylic acids is 2. The van der Waals surface area contributed by atoms with Gasteiger partial charge in [0.1, 0.15) is 5.03 Å². The van der Waals surface area contributed by atoms with Crippen LogP contribution in [-0.4, -0.2) is 27.4 Å². The zero-order chi connectivity index (χ0) is 18.8. The number of fused-ring (bicyclic) bond motifs is 2. The third kappa shape index (κ3) is 3.85. The molecule has 136 valence electrons. The molecule has 0 unspecified atom stereocenters. The van der Waals surface area contributed by atoms with Gasteiger partial charge in [-0.1, -0.05) is 23.9 Å². The summed E-state index contributed by atoms with van der Waals surface area (Å²) in [5, 5.41) is 3.68. The number of aryl methyl sites for hydroxylation is 2. The zero-order valence-electron chi connectivity index (χ0n) is 15.0. The van der Waals surface area contributed by atoms with E-state index in [2.05, 4.69) is 15.3 Å². The van der Waals surface area contributed by atoms with Crippen LogP contribution in [0.5, 0.6) is 0 Å². The molecule has 1 aromatic heterocycles. The van der Waals surface area contributed by atoms with Gasteiger partial charge >= 0.3 is 0 Å². The molecule has 2 aromatic carbocycles. The maximum Gasteiger partial charge on any atom is 0.224 e. The number of ketones is 1. The van der Waals surface area contributed by atoms with Crippen molar-refractivity contribution in [2.24, 2.45) is 0 Å². The molecule has 5 nitrogen and oxygen atoms in total. The third-order valence-electron chi connectivity index (χ3n) is 4.59. The molecule has 0 saturated heterocycles. The summed E-state index contributed by atoms with van der Waals surface area (Å²) in [5.74, 6) is 0.389. The Morgan fingerprint density at radius 1 is 1.11 bits per heavy atom. The molecule has 0 radical (unpaired) electrons. The molecule has 1 aliphatic heterocycles. The van der Waals surface area contributed by atoms with Crippen LogP contribution < -0.4 is 5.32 Å². The van der Waals surface area contributed by atoms with Gasteiger partial charge in [-0.3, -0.25) is 9.59 Å². The van der Waals surface area contributed by atoms with Crippen molar-refractivity contribution >= 4 is 40.2 Å². The average Bonchev–Trinajstić information content (AvgIpc) is 2.86. The van der Waals surface area contributed by atoms with Crippen LogP contribution in [0.1, 0.15) is 34.5 Å². The molecule has 0 fully saturated rings. The molecule has 0 saturated carbocycles.